The summed E-state index contributed by atoms with van der Waals surface area (Å²) >= 11 is 1.39. The molecule has 1 aliphatic rings. The molecule has 1 aliphatic heterocycles. The highest BCUT2D eigenvalue weighted by Gasteiger charge is 2.27. The van der Waals surface area contributed by atoms with Crippen LogP contribution < -0.4 is 15.6 Å². The molecule has 0 unspecified atom stereocenters. The molecule has 0 saturated carbocycles. The normalized spacial score (nSPS) is 14.7. The zero-order chi connectivity index (χ0) is 21.1. The van der Waals surface area contributed by atoms with Crippen LogP contribution >= 0.6 is 11.3 Å². The summed E-state index contributed by atoms with van der Waals surface area (Å²) in [5.41, 5.74) is 6.50. The van der Waals surface area contributed by atoms with E-state index in [1.807, 2.05) is 25.1 Å². The van der Waals surface area contributed by atoms with E-state index in [9.17, 15) is 13.2 Å². The van der Waals surface area contributed by atoms with E-state index in [4.69, 9.17) is 4.74 Å². The predicted octanol–water partition coefficient (Wildman–Crippen LogP) is 3.24. The summed E-state index contributed by atoms with van der Waals surface area (Å²) in [5.74, 6) is 0.310. The molecule has 2 N–H and O–H groups in total. The zero-order valence-electron chi connectivity index (χ0n) is 16.4. The van der Waals surface area contributed by atoms with E-state index >= 15 is 0 Å². The summed E-state index contributed by atoms with van der Waals surface area (Å²) in [5, 5.41) is 0.527. The molecule has 30 heavy (non-hydrogen) atoms. The molecule has 158 valence electrons. The number of hydrogen-bond donors (Lipinski definition) is 2. The fourth-order valence-electron chi connectivity index (χ4n) is 3.29. The van der Waals surface area contributed by atoms with E-state index in [0.717, 1.165) is 23.1 Å². The number of carbonyl (C=O) groups excluding carboxylic acids is 1. The number of sulfonamides is 1. The molecular formula is C20H22N4O4S2. The van der Waals surface area contributed by atoms with Crippen molar-refractivity contribution < 1.29 is 17.9 Å². The minimum Gasteiger partial charge on any atom is -0.492 e. The summed E-state index contributed by atoms with van der Waals surface area (Å²) in [6, 6.07) is 11.6. The molecule has 1 aromatic heterocycles. The monoisotopic (exact) mass is 446 g/mol. The lowest BCUT2D eigenvalue weighted by Crippen LogP contribution is -2.30. The highest BCUT2D eigenvalue weighted by Crippen LogP contribution is 2.32. The standard InChI is InChI=1S/C20H22N4O4S2/c1-2-28-16-6-5-7-17-18(16)21-20(29-17)23-22-19(25)14-8-10-15(11-9-14)30(26,27)24-12-3-4-13-24/h5-11H,2-4,12-13H2,1H3,(H,21,23)(H,22,25). The zero-order valence-corrected chi connectivity index (χ0v) is 18.1. The largest absolute Gasteiger partial charge is 0.492 e. The van der Waals surface area contributed by atoms with Gasteiger partial charge in [0.1, 0.15) is 11.3 Å². The second-order valence-corrected chi connectivity index (χ2v) is 9.74. The van der Waals surface area contributed by atoms with Gasteiger partial charge in [0.15, 0.2) is 0 Å². The summed E-state index contributed by atoms with van der Waals surface area (Å²) in [6.07, 6.45) is 1.76. The van der Waals surface area contributed by atoms with E-state index in [-0.39, 0.29) is 10.8 Å². The molecule has 3 aromatic rings. The Bertz CT molecular complexity index is 1150. The molecule has 4 rings (SSSR count). The third-order valence-electron chi connectivity index (χ3n) is 4.78. The van der Waals surface area contributed by atoms with Crippen LogP contribution in [0.15, 0.2) is 47.4 Å². The maximum atomic E-state index is 12.6. The molecule has 0 atom stereocenters. The van der Waals surface area contributed by atoms with Gasteiger partial charge in [0.25, 0.3) is 5.91 Å². The summed E-state index contributed by atoms with van der Waals surface area (Å²) < 4.78 is 33.2. The summed E-state index contributed by atoms with van der Waals surface area (Å²) in [6.45, 7) is 3.54. The number of fused-ring (bicyclic) bond motifs is 1. The van der Waals surface area contributed by atoms with Crippen LogP contribution in [0.2, 0.25) is 0 Å². The number of amides is 1. The molecule has 2 heterocycles. The van der Waals surface area contributed by atoms with E-state index < -0.39 is 10.0 Å². The van der Waals surface area contributed by atoms with Crippen molar-refractivity contribution >= 4 is 42.6 Å². The number of carbonyl (C=O) groups is 1. The van der Waals surface area contributed by atoms with Crippen LogP contribution in [0.3, 0.4) is 0 Å². The Labute approximate surface area is 178 Å². The average Bonchev–Trinajstić information content (AvgIpc) is 3.43. The Morgan fingerprint density at radius 3 is 2.60 bits per heavy atom. The Balaban J connectivity index is 1.43. The Morgan fingerprint density at radius 1 is 1.17 bits per heavy atom. The average molecular weight is 447 g/mol. The molecule has 0 aliphatic carbocycles. The fourth-order valence-corrected chi connectivity index (χ4v) is 5.64. The quantitative estimate of drug-likeness (QED) is 0.541. The number of thiazole rings is 1. The molecule has 1 amide bonds. The Hall–Kier alpha value is -2.69. The van der Waals surface area contributed by atoms with Crippen LogP contribution in [-0.4, -0.2) is 43.3 Å². The highest BCUT2D eigenvalue weighted by molar-refractivity contribution is 7.89. The number of nitrogens with zero attached hydrogens (tertiary/aromatic N) is 2. The van der Waals surface area contributed by atoms with Gasteiger partial charge in [-0.1, -0.05) is 17.4 Å². The van der Waals surface area contributed by atoms with Crippen LogP contribution in [0.25, 0.3) is 10.2 Å². The molecule has 0 bridgehead atoms. The van der Waals surface area contributed by atoms with Gasteiger partial charge < -0.3 is 4.74 Å². The predicted molar refractivity (Wildman–Crippen MR) is 116 cm³/mol. The molecule has 10 heteroatoms. The number of nitrogens with one attached hydrogen (secondary N) is 2. The van der Waals surface area contributed by atoms with E-state index in [2.05, 4.69) is 15.8 Å². The van der Waals surface area contributed by atoms with Crippen molar-refractivity contribution in [3.63, 3.8) is 0 Å². The van der Waals surface area contributed by atoms with E-state index in [0.29, 0.717) is 36.1 Å². The van der Waals surface area contributed by atoms with Gasteiger partial charge in [-0.15, -0.1) is 0 Å². The topological polar surface area (TPSA) is 101 Å². The first-order valence-electron chi connectivity index (χ1n) is 9.68. The van der Waals surface area contributed by atoms with E-state index in [1.54, 1.807) is 0 Å². The molecule has 0 spiro atoms. The lowest BCUT2D eigenvalue weighted by Gasteiger charge is -2.15. The number of benzene rings is 2. The minimum absolute atomic E-state index is 0.198. The van der Waals surface area contributed by atoms with Crippen molar-refractivity contribution in [3.8, 4) is 5.75 Å². The number of ether oxygens (including phenoxy) is 1. The Kier molecular flexibility index (Phi) is 5.89. The third kappa shape index (κ3) is 4.11. The van der Waals surface area contributed by atoms with Crippen molar-refractivity contribution in [3.05, 3.63) is 48.0 Å². The number of hydrazine groups is 1. The number of rotatable bonds is 7. The molecule has 1 saturated heterocycles. The maximum Gasteiger partial charge on any atom is 0.269 e. The van der Waals surface area contributed by atoms with Crippen LogP contribution in [0, 0.1) is 0 Å². The fraction of sp³-hybridized carbons (Fsp3) is 0.300. The van der Waals surface area contributed by atoms with Gasteiger partial charge in [-0.25, -0.2) is 13.4 Å². The molecule has 8 nitrogen and oxygen atoms in total. The number of aromatic nitrogens is 1. The summed E-state index contributed by atoms with van der Waals surface area (Å²) in [7, 11) is -3.49. The van der Waals surface area contributed by atoms with Gasteiger partial charge in [0.05, 0.1) is 16.2 Å². The Morgan fingerprint density at radius 2 is 1.90 bits per heavy atom. The van der Waals surface area contributed by atoms with Gasteiger partial charge in [-0.05, 0) is 56.2 Å². The summed E-state index contributed by atoms with van der Waals surface area (Å²) in [4.78, 5) is 17.1. The first kappa shape index (κ1) is 20.6. The van der Waals surface area contributed by atoms with Gasteiger partial charge in [-0.2, -0.15) is 4.31 Å². The van der Waals surface area contributed by atoms with Gasteiger partial charge in [-0.3, -0.25) is 15.6 Å². The van der Waals surface area contributed by atoms with Crippen LogP contribution in [-0.2, 0) is 10.0 Å². The maximum absolute atomic E-state index is 12.6. The SMILES string of the molecule is CCOc1cccc2sc(NNC(=O)c3ccc(S(=O)(=O)N4CCCC4)cc3)nc12. The van der Waals surface area contributed by atoms with Gasteiger partial charge in [0, 0.05) is 18.7 Å². The first-order chi connectivity index (χ1) is 14.5. The molecule has 0 radical (unpaired) electrons. The molecule has 1 fully saturated rings. The smallest absolute Gasteiger partial charge is 0.269 e. The van der Waals surface area contributed by atoms with E-state index in [1.165, 1.54) is 39.9 Å². The lowest BCUT2D eigenvalue weighted by atomic mass is 10.2. The van der Waals surface area contributed by atoms with Crippen molar-refractivity contribution in [2.45, 2.75) is 24.7 Å². The van der Waals surface area contributed by atoms with Crippen molar-refractivity contribution in [1.29, 1.82) is 0 Å². The van der Waals surface area contributed by atoms with Crippen LogP contribution in [0.5, 0.6) is 5.75 Å². The second kappa shape index (κ2) is 8.58. The number of para-hydroxylation sites is 1. The van der Waals surface area contributed by atoms with Gasteiger partial charge >= 0.3 is 0 Å². The number of anilines is 1. The second-order valence-electron chi connectivity index (χ2n) is 6.77. The van der Waals surface area contributed by atoms with Crippen molar-refractivity contribution in [2.75, 3.05) is 25.1 Å². The highest BCUT2D eigenvalue weighted by atomic mass is 32.2. The molecular weight excluding hydrogens is 424 g/mol. The lowest BCUT2D eigenvalue weighted by molar-refractivity contribution is 0.0962. The van der Waals surface area contributed by atoms with Gasteiger partial charge in [0.2, 0.25) is 15.2 Å². The van der Waals surface area contributed by atoms with Crippen molar-refractivity contribution in [2.24, 2.45) is 0 Å². The minimum atomic E-state index is -3.49. The third-order valence-corrected chi connectivity index (χ3v) is 7.63. The van der Waals surface area contributed by atoms with Crippen LogP contribution in [0.1, 0.15) is 30.1 Å². The van der Waals surface area contributed by atoms with Crippen LogP contribution in [0.4, 0.5) is 5.13 Å². The molecule has 2 aromatic carbocycles. The number of hydrogen-bond acceptors (Lipinski definition) is 7. The van der Waals surface area contributed by atoms with Crippen molar-refractivity contribution in [1.82, 2.24) is 14.7 Å². The first-order valence-corrected chi connectivity index (χ1v) is 11.9.